The van der Waals surface area contributed by atoms with E-state index in [1.165, 1.54) is 0 Å². The first-order valence-electron chi connectivity index (χ1n) is 6.13. The Kier molecular flexibility index (Phi) is 4.88. The van der Waals surface area contributed by atoms with Gasteiger partial charge in [0.1, 0.15) is 6.04 Å². The van der Waals surface area contributed by atoms with Gasteiger partial charge in [-0.3, -0.25) is 4.79 Å². The molecule has 0 spiro atoms. The smallest absolute Gasteiger partial charge is 0.246 e. The van der Waals surface area contributed by atoms with Crippen LogP contribution in [0.2, 0.25) is 10.0 Å². The van der Waals surface area contributed by atoms with E-state index < -0.39 is 0 Å². The summed E-state index contributed by atoms with van der Waals surface area (Å²) in [5.74, 6) is -0.160. The van der Waals surface area contributed by atoms with Gasteiger partial charge in [0.2, 0.25) is 5.91 Å². The van der Waals surface area contributed by atoms with Gasteiger partial charge >= 0.3 is 0 Å². The standard InChI is InChI=1S/C15H14Cl2N2O/c1-10(18-13-5-3-2-4-6-13)15(20)19-14-8-11(16)7-12(17)9-14/h2-10,18H,1H3,(H,19,20)/t10-/m0/s1. The zero-order chi connectivity index (χ0) is 14.5. The number of carbonyl (C=O) groups excluding carboxylic acids is 1. The second-order valence-corrected chi connectivity index (χ2v) is 5.25. The lowest BCUT2D eigenvalue weighted by Gasteiger charge is -2.15. The van der Waals surface area contributed by atoms with E-state index in [1.54, 1.807) is 25.1 Å². The Morgan fingerprint density at radius 3 is 2.20 bits per heavy atom. The van der Waals surface area contributed by atoms with Gasteiger partial charge in [0.05, 0.1) is 0 Å². The average molecular weight is 309 g/mol. The zero-order valence-electron chi connectivity index (χ0n) is 10.9. The first kappa shape index (κ1) is 14.7. The number of carbonyl (C=O) groups is 1. The highest BCUT2D eigenvalue weighted by Gasteiger charge is 2.13. The third kappa shape index (κ3) is 4.15. The second kappa shape index (κ2) is 6.64. The Hall–Kier alpha value is -1.71. The number of nitrogens with one attached hydrogen (secondary N) is 2. The monoisotopic (exact) mass is 308 g/mol. The van der Waals surface area contributed by atoms with Crippen LogP contribution in [0.1, 0.15) is 6.92 Å². The molecule has 20 heavy (non-hydrogen) atoms. The minimum absolute atomic E-state index is 0.160. The predicted molar refractivity (Wildman–Crippen MR) is 84.6 cm³/mol. The summed E-state index contributed by atoms with van der Waals surface area (Å²) in [6, 6.07) is 14.1. The fourth-order valence-corrected chi connectivity index (χ4v) is 2.25. The summed E-state index contributed by atoms with van der Waals surface area (Å²) in [4.78, 5) is 12.1. The van der Waals surface area contributed by atoms with Crippen molar-refractivity contribution in [3.63, 3.8) is 0 Å². The van der Waals surface area contributed by atoms with Gasteiger partial charge in [-0.1, -0.05) is 41.4 Å². The van der Waals surface area contributed by atoms with Gasteiger partial charge in [0, 0.05) is 21.4 Å². The largest absolute Gasteiger partial charge is 0.374 e. The molecule has 0 bridgehead atoms. The summed E-state index contributed by atoms with van der Waals surface area (Å²) in [6.45, 7) is 1.79. The Morgan fingerprint density at radius 1 is 1.00 bits per heavy atom. The number of hydrogen-bond donors (Lipinski definition) is 2. The van der Waals surface area contributed by atoms with Gasteiger partial charge < -0.3 is 10.6 Å². The first-order valence-corrected chi connectivity index (χ1v) is 6.89. The van der Waals surface area contributed by atoms with Gasteiger partial charge in [-0.25, -0.2) is 0 Å². The van der Waals surface area contributed by atoms with Crippen molar-refractivity contribution in [2.75, 3.05) is 10.6 Å². The molecular formula is C15H14Cl2N2O. The third-order valence-electron chi connectivity index (χ3n) is 2.68. The topological polar surface area (TPSA) is 41.1 Å². The molecule has 2 aromatic rings. The van der Waals surface area contributed by atoms with E-state index in [0.29, 0.717) is 15.7 Å². The number of anilines is 2. The predicted octanol–water partition coefficient (Wildman–Crippen LogP) is 4.43. The molecule has 104 valence electrons. The number of halogens is 2. The van der Waals surface area contributed by atoms with Gasteiger partial charge in [-0.2, -0.15) is 0 Å². The van der Waals surface area contributed by atoms with Gasteiger partial charge in [-0.15, -0.1) is 0 Å². The molecule has 5 heteroatoms. The molecule has 0 aliphatic heterocycles. The van der Waals surface area contributed by atoms with Crippen LogP contribution in [0.3, 0.4) is 0 Å². The molecule has 0 saturated heterocycles. The van der Waals surface area contributed by atoms with Crippen LogP contribution in [0.4, 0.5) is 11.4 Å². The summed E-state index contributed by atoms with van der Waals surface area (Å²) in [6.07, 6.45) is 0. The van der Waals surface area contributed by atoms with Crippen molar-refractivity contribution < 1.29 is 4.79 Å². The Morgan fingerprint density at radius 2 is 1.60 bits per heavy atom. The summed E-state index contributed by atoms with van der Waals surface area (Å²) >= 11 is 11.8. The van der Waals surface area contributed by atoms with Gasteiger partial charge in [0.15, 0.2) is 0 Å². The molecule has 1 amide bonds. The number of amides is 1. The van der Waals surface area contributed by atoms with Crippen LogP contribution in [-0.4, -0.2) is 11.9 Å². The minimum atomic E-state index is -0.379. The highest BCUT2D eigenvalue weighted by atomic mass is 35.5. The Balaban J connectivity index is 2.00. The molecule has 0 radical (unpaired) electrons. The molecule has 0 aliphatic rings. The molecule has 1 atom stereocenters. The molecular weight excluding hydrogens is 295 g/mol. The lowest BCUT2D eigenvalue weighted by atomic mass is 10.2. The summed E-state index contributed by atoms with van der Waals surface area (Å²) in [7, 11) is 0. The van der Waals surface area contributed by atoms with Crippen molar-refractivity contribution in [2.45, 2.75) is 13.0 Å². The molecule has 2 rings (SSSR count). The van der Waals surface area contributed by atoms with Crippen molar-refractivity contribution in [3.8, 4) is 0 Å². The van der Waals surface area contributed by atoms with Crippen molar-refractivity contribution in [3.05, 3.63) is 58.6 Å². The van der Waals surface area contributed by atoms with Crippen molar-refractivity contribution in [1.82, 2.24) is 0 Å². The molecule has 2 N–H and O–H groups in total. The van der Waals surface area contributed by atoms with Crippen LogP contribution in [0.25, 0.3) is 0 Å². The number of para-hydroxylation sites is 1. The molecule has 0 unspecified atom stereocenters. The summed E-state index contributed by atoms with van der Waals surface area (Å²) in [5.41, 5.74) is 1.47. The van der Waals surface area contributed by atoms with E-state index >= 15 is 0 Å². The van der Waals surface area contributed by atoms with Crippen LogP contribution < -0.4 is 10.6 Å². The van der Waals surface area contributed by atoms with E-state index in [0.717, 1.165) is 5.69 Å². The molecule has 0 saturated carbocycles. The van der Waals surface area contributed by atoms with Crippen LogP contribution >= 0.6 is 23.2 Å². The lowest BCUT2D eigenvalue weighted by molar-refractivity contribution is -0.116. The molecule has 0 aromatic heterocycles. The Bertz CT molecular complexity index is 582. The molecule has 0 aliphatic carbocycles. The number of rotatable bonds is 4. The normalized spacial score (nSPS) is 11.8. The second-order valence-electron chi connectivity index (χ2n) is 4.38. The van der Waals surface area contributed by atoms with E-state index in [1.807, 2.05) is 30.3 Å². The van der Waals surface area contributed by atoms with E-state index in [-0.39, 0.29) is 11.9 Å². The quantitative estimate of drug-likeness (QED) is 0.877. The highest BCUT2D eigenvalue weighted by molar-refractivity contribution is 6.35. The summed E-state index contributed by atoms with van der Waals surface area (Å²) in [5, 5.41) is 6.85. The van der Waals surface area contributed by atoms with Crippen LogP contribution in [-0.2, 0) is 4.79 Å². The first-order chi connectivity index (χ1) is 9.54. The summed E-state index contributed by atoms with van der Waals surface area (Å²) < 4.78 is 0. The minimum Gasteiger partial charge on any atom is -0.374 e. The number of hydrogen-bond acceptors (Lipinski definition) is 2. The van der Waals surface area contributed by atoms with Gasteiger partial charge in [-0.05, 0) is 37.3 Å². The molecule has 0 heterocycles. The van der Waals surface area contributed by atoms with E-state index in [4.69, 9.17) is 23.2 Å². The van der Waals surface area contributed by atoms with Crippen LogP contribution in [0.15, 0.2) is 48.5 Å². The fourth-order valence-electron chi connectivity index (χ4n) is 1.73. The Labute approximate surface area is 127 Å². The van der Waals surface area contributed by atoms with Crippen molar-refractivity contribution in [1.29, 1.82) is 0 Å². The van der Waals surface area contributed by atoms with Gasteiger partial charge in [0.25, 0.3) is 0 Å². The van der Waals surface area contributed by atoms with E-state index in [9.17, 15) is 4.79 Å². The highest BCUT2D eigenvalue weighted by Crippen LogP contribution is 2.22. The van der Waals surface area contributed by atoms with Crippen molar-refractivity contribution >= 4 is 40.5 Å². The molecule has 0 fully saturated rings. The fraction of sp³-hybridized carbons (Fsp3) is 0.133. The van der Waals surface area contributed by atoms with E-state index in [2.05, 4.69) is 10.6 Å². The van der Waals surface area contributed by atoms with Crippen LogP contribution in [0, 0.1) is 0 Å². The number of benzene rings is 2. The maximum absolute atomic E-state index is 12.1. The lowest BCUT2D eigenvalue weighted by Crippen LogP contribution is -2.31. The molecule has 3 nitrogen and oxygen atoms in total. The van der Waals surface area contributed by atoms with Crippen molar-refractivity contribution in [2.24, 2.45) is 0 Å². The SMILES string of the molecule is C[C@H](Nc1ccccc1)C(=O)Nc1cc(Cl)cc(Cl)c1. The maximum Gasteiger partial charge on any atom is 0.246 e. The zero-order valence-corrected chi connectivity index (χ0v) is 12.4. The average Bonchev–Trinajstić information content (AvgIpc) is 2.38. The maximum atomic E-state index is 12.1. The molecule has 2 aromatic carbocycles. The van der Waals surface area contributed by atoms with Crippen LogP contribution in [0.5, 0.6) is 0 Å². The third-order valence-corrected chi connectivity index (χ3v) is 3.12.